The number of hydrogen-bond donors (Lipinski definition) is 1. The Hall–Kier alpha value is -2.19. The summed E-state index contributed by atoms with van der Waals surface area (Å²) >= 11 is 0. The Balaban J connectivity index is 1.73. The maximum Gasteiger partial charge on any atom is 0.273 e. The fourth-order valence-corrected chi connectivity index (χ4v) is 3.44. The van der Waals surface area contributed by atoms with Crippen molar-refractivity contribution in [2.45, 2.75) is 30.2 Å². The number of carbonyl (C=O) groups excluding carboxylic acids is 1. The largest absolute Gasteiger partial charge is 0.360 e. The number of rotatable bonds is 6. The van der Waals surface area contributed by atoms with Crippen molar-refractivity contribution in [1.29, 1.82) is 0 Å². The van der Waals surface area contributed by atoms with Crippen molar-refractivity contribution in [1.82, 2.24) is 14.8 Å². The lowest BCUT2D eigenvalue weighted by Crippen LogP contribution is -2.27. The number of sulfonamides is 1. The van der Waals surface area contributed by atoms with Crippen LogP contribution in [0.2, 0.25) is 0 Å². The normalized spacial score (nSPS) is 14.8. The quantitative estimate of drug-likeness (QED) is 0.857. The minimum Gasteiger partial charge on any atom is -0.360 e. The van der Waals surface area contributed by atoms with Gasteiger partial charge in [0.25, 0.3) is 5.91 Å². The number of nitrogens with zero attached hydrogens (tertiary/aromatic N) is 2. The Morgan fingerprint density at radius 3 is 2.71 bits per heavy atom. The molecule has 1 heterocycles. The zero-order valence-corrected chi connectivity index (χ0v) is 14.3. The van der Waals surface area contributed by atoms with E-state index in [0.29, 0.717) is 11.5 Å². The van der Waals surface area contributed by atoms with E-state index < -0.39 is 10.0 Å². The molecule has 0 spiro atoms. The molecule has 0 aliphatic heterocycles. The lowest BCUT2D eigenvalue weighted by Gasteiger charge is -2.15. The van der Waals surface area contributed by atoms with Gasteiger partial charge < -0.3 is 9.84 Å². The first-order valence-corrected chi connectivity index (χ1v) is 9.09. The van der Waals surface area contributed by atoms with E-state index >= 15 is 0 Å². The van der Waals surface area contributed by atoms with Gasteiger partial charge >= 0.3 is 0 Å². The van der Waals surface area contributed by atoms with E-state index in [0.717, 1.165) is 22.9 Å². The Bertz CT molecular complexity index is 854. The van der Waals surface area contributed by atoms with Crippen LogP contribution in [0.25, 0.3) is 0 Å². The third kappa shape index (κ3) is 3.34. The van der Waals surface area contributed by atoms with E-state index in [9.17, 15) is 13.2 Å². The molecule has 8 heteroatoms. The van der Waals surface area contributed by atoms with Crippen LogP contribution < -0.4 is 5.32 Å². The van der Waals surface area contributed by atoms with Crippen LogP contribution in [0.15, 0.2) is 39.8 Å². The number of aromatic nitrogens is 1. The molecule has 1 fully saturated rings. The van der Waals surface area contributed by atoms with Gasteiger partial charge in [-0.2, -0.15) is 0 Å². The smallest absolute Gasteiger partial charge is 0.273 e. The zero-order valence-electron chi connectivity index (χ0n) is 13.5. The highest BCUT2D eigenvalue weighted by Gasteiger charge is 2.29. The first-order valence-electron chi connectivity index (χ1n) is 7.65. The molecule has 0 radical (unpaired) electrons. The van der Waals surface area contributed by atoms with Crippen LogP contribution in [0.4, 0.5) is 0 Å². The standard InChI is InChI=1S/C16H19N3O4S/c1-19(2)24(21,22)15-6-4-3-5-12(15)10-17-16(20)13-9-14(23-18-13)11-7-8-11/h3-6,9,11H,7-8,10H2,1-2H3,(H,17,20). The fourth-order valence-electron chi connectivity index (χ4n) is 2.32. The molecular weight excluding hydrogens is 330 g/mol. The summed E-state index contributed by atoms with van der Waals surface area (Å²) in [5.41, 5.74) is 0.732. The predicted molar refractivity (Wildman–Crippen MR) is 87.0 cm³/mol. The van der Waals surface area contributed by atoms with E-state index in [4.69, 9.17) is 4.52 Å². The van der Waals surface area contributed by atoms with Crippen LogP contribution >= 0.6 is 0 Å². The molecular formula is C16H19N3O4S. The first-order chi connectivity index (χ1) is 11.4. The monoisotopic (exact) mass is 349 g/mol. The molecule has 1 amide bonds. The Kier molecular flexibility index (Phi) is 4.42. The average molecular weight is 349 g/mol. The van der Waals surface area contributed by atoms with Crippen LogP contribution in [0.1, 0.15) is 40.6 Å². The van der Waals surface area contributed by atoms with Gasteiger partial charge in [-0.3, -0.25) is 4.79 Å². The lowest BCUT2D eigenvalue weighted by molar-refractivity contribution is 0.0941. The number of amides is 1. The van der Waals surface area contributed by atoms with Crippen molar-refractivity contribution in [3.8, 4) is 0 Å². The number of carbonyl (C=O) groups is 1. The molecule has 1 N–H and O–H groups in total. The van der Waals surface area contributed by atoms with Gasteiger partial charge in [-0.15, -0.1) is 0 Å². The summed E-state index contributed by atoms with van der Waals surface area (Å²) in [6.45, 7) is 0.0910. The van der Waals surface area contributed by atoms with Crippen molar-refractivity contribution in [3.63, 3.8) is 0 Å². The van der Waals surface area contributed by atoms with Gasteiger partial charge in [0.05, 0.1) is 4.90 Å². The maximum absolute atomic E-state index is 12.3. The summed E-state index contributed by atoms with van der Waals surface area (Å²) in [5, 5.41) is 6.47. The molecule has 0 unspecified atom stereocenters. The summed E-state index contributed by atoms with van der Waals surface area (Å²) < 4.78 is 31.0. The van der Waals surface area contributed by atoms with Crippen LogP contribution in [0.5, 0.6) is 0 Å². The van der Waals surface area contributed by atoms with Crippen molar-refractivity contribution >= 4 is 15.9 Å². The van der Waals surface area contributed by atoms with Crippen LogP contribution in [0.3, 0.4) is 0 Å². The van der Waals surface area contributed by atoms with Gasteiger partial charge in [0.2, 0.25) is 10.0 Å². The Labute approximate surface area is 140 Å². The highest BCUT2D eigenvalue weighted by atomic mass is 32.2. The van der Waals surface area contributed by atoms with Gasteiger partial charge in [-0.25, -0.2) is 12.7 Å². The van der Waals surface area contributed by atoms with E-state index in [1.54, 1.807) is 24.3 Å². The van der Waals surface area contributed by atoms with Crippen LogP contribution in [0, 0.1) is 0 Å². The second kappa shape index (κ2) is 6.37. The van der Waals surface area contributed by atoms with Gasteiger partial charge in [0.15, 0.2) is 5.69 Å². The fraction of sp³-hybridized carbons (Fsp3) is 0.375. The molecule has 2 aromatic rings. The third-order valence-electron chi connectivity index (χ3n) is 3.91. The number of nitrogens with one attached hydrogen (secondary N) is 1. The predicted octanol–water partition coefficient (Wildman–Crippen LogP) is 1.73. The minimum absolute atomic E-state index is 0.0910. The summed E-state index contributed by atoms with van der Waals surface area (Å²) in [5.74, 6) is 0.725. The van der Waals surface area contributed by atoms with Crippen molar-refractivity contribution < 1.29 is 17.7 Å². The van der Waals surface area contributed by atoms with Gasteiger partial charge in [-0.05, 0) is 24.5 Å². The van der Waals surface area contributed by atoms with E-state index in [1.165, 1.54) is 20.2 Å². The molecule has 0 saturated heterocycles. The Morgan fingerprint density at radius 1 is 1.33 bits per heavy atom. The first kappa shape index (κ1) is 16.7. The molecule has 0 bridgehead atoms. The summed E-state index contributed by atoms with van der Waals surface area (Å²) in [6.07, 6.45) is 2.12. The summed E-state index contributed by atoms with van der Waals surface area (Å²) in [6, 6.07) is 8.24. The van der Waals surface area contributed by atoms with E-state index in [1.807, 2.05) is 0 Å². The van der Waals surface area contributed by atoms with Crippen LogP contribution in [-0.4, -0.2) is 37.9 Å². The minimum atomic E-state index is -3.57. The highest BCUT2D eigenvalue weighted by molar-refractivity contribution is 7.89. The molecule has 128 valence electrons. The van der Waals surface area contributed by atoms with E-state index in [-0.39, 0.29) is 23.0 Å². The van der Waals surface area contributed by atoms with Gasteiger partial charge in [0, 0.05) is 32.6 Å². The van der Waals surface area contributed by atoms with Crippen LogP contribution in [-0.2, 0) is 16.6 Å². The summed E-state index contributed by atoms with van der Waals surface area (Å²) in [7, 11) is -0.628. The zero-order chi connectivity index (χ0) is 17.3. The molecule has 1 saturated carbocycles. The second-order valence-corrected chi connectivity index (χ2v) is 8.09. The number of benzene rings is 1. The highest BCUT2D eigenvalue weighted by Crippen LogP contribution is 2.40. The van der Waals surface area contributed by atoms with Crippen molar-refractivity contribution in [2.75, 3.05) is 14.1 Å². The summed E-state index contributed by atoms with van der Waals surface area (Å²) in [4.78, 5) is 12.4. The van der Waals surface area contributed by atoms with E-state index in [2.05, 4.69) is 10.5 Å². The molecule has 3 rings (SSSR count). The third-order valence-corrected chi connectivity index (χ3v) is 5.83. The number of hydrogen-bond acceptors (Lipinski definition) is 5. The molecule has 0 atom stereocenters. The SMILES string of the molecule is CN(C)S(=O)(=O)c1ccccc1CNC(=O)c1cc(C2CC2)on1. The second-order valence-electron chi connectivity index (χ2n) is 5.97. The molecule has 1 aromatic heterocycles. The van der Waals surface area contributed by atoms with Gasteiger partial charge in [-0.1, -0.05) is 23.4 Å². The molecule has 1 aliphatic rings. The topological polar surface area (TPSA) is 92.5 Å². The molecule has 1 aromatic carbocycles. The van der Waals surface area contributed by atoms with Crippen molar-refractivity contribution in [3.05, 3.63) is 47.3 Å². The average Bonchev–Trinajstić information content (AvgIpc) is 3.29. The molecule has 7 nitrogen and oxygen atoms in total. The van der Waals surface area contributed by atoms with Gasteiger partial charge in [0.1, 0.15) is 5.76 Å². The molecule has 1 aliphatic carbocycles. The lowest BCUT2D eigenvalue weighted by atomic mass is 10.2. The van der Waals surface area contributed by atoms with Crippen molar-refractivity contribution in [2.24, 2.45) is 0 Å². The maximum atomic E-state index is 12.3. The molecule has 24 heavy (non-hydrogen) atoms. The Morgan fingerprint density at radius 2 is 2.04 bits per heavy atom.